The monoisotopic (exact) mass is 252 g/mol. The Morgan fingerprint density at radius 2 is 2.12 bits per heavy atom. The predicted octanol–water partition coefficient (Wildman–Crippen LogP) is 1.28. The summed E-state index contributed by atoms with van der Waals surface area (Å²) in [6.45, 7) is 4.34. The van der Waals surface area contributed by atoms with Gasteiger partial charge in [0.2, 0.25) is 0 Å². The quantitative estimate of drug-likeness (QED) is 0.635. The number of nitrogens with one attached hydrogen (secondary N) is 1. The van der Waals surface area contributed by atoms with Crippen LogP contribution in [0.4, 0.5) is 5.82 Å². The van der Waals surface area contributed by atoms with Crippen LogP contribution in [-0.2, 0) is 6.54 Å². The number of halogens is 1. The third-order valence-electron chi connectivity index (χ3n) is 2.46. The molecule has 0 atom stereocenters. The fourth-order valence-electron chi connectivity index (χ4n) is 1.49. The molecule has 0 aliphatic carbocycles. The van der Waals surface area contributed by atoms with Crippen LogP contribution in [0.1, 0.15) is 17.1 Å². The molecule has 0 radical (unpaired) electrons. The number of nitrogen functional groups attached to an aromatic ring is 1. The Morgan fingerprint density at radius 1 is 1.35 bits per heavy atom. The van der Waals surface area contributed by atoms with Crippen molar-refractivity contribution in [3.8, 4) is 0 Å². The number of hydrogen-bond acceptors (Lipinski definition) is 5. The molecule has 17 heavy (non-hydrogen) atoms. The van der Waals surface area contributed by atoms with Crippen molar-refractivity contribution < 1.29 is 0 Å². The minimum atomic E-state index is 0.528. The van der Waals surface area contributed by atoms with Crippen LogP contribution in [0.3, 0.4) is 0 Å². The van der Waals surface area contributed by atoms with E-state index in [2.05, 4.69) is 20.5 Å². The molecule has 7 heteroatoms. The van der Waals surface area contributed by atoms with Crippen LogP contribution >= 0.6 is 11.6 Å². The zero-order valence-electron chi connectivity index (χ0n) is 9.61. The summed E-state index contributed by atoms with van der Waals surface area (Å²) >= 11 is 6.07. The average molecular weight is 253 g/mol. The number of nitrogens with two attached hydrogens (primary N) is 1. The summed E-state index contributed by atoms with van der Waals surface area (Å²) in [4.78, 5) is 8.30. The summed E-state index contributed by atoms with van der Waals surface area (Å²) in [5.41, 5.74) is 4.96. The topological polar surface area (TPSA) is 81.7 Å². The van der Waals surface area contributed by atoms with E-state index in [0.717, 1.165) is 17.1 Å². The molecule has 0 bridgehead atoms. The van der Waals surface area contributed by atoms with Crippen molar-refractivity contribution in [2.45, 2.75) is 20.4 Å². The summed E-state index contributed by atoms with van der Waals surface area (Å²) in [6, 6.07) is 0. The molecular formula is C10H13ClN6. The van der Waals surface area contributed by atoms with E-state index in [9.17, 15) is 0 Å². The molecule has 3 N–H and O–H groups in total. The third-order valence-corrected chi connectivity index (χ3v) is 3.01. The smallest absolute Gasteiger partial charge is 0.158 e. The Morgan fingerprint density at radius 3 is 2.59 bits per heavy atom. The van der Waals surface area contributed by atoms with Crippen molar-refractivity contribution in [2.24, 2.45) is 5.84 Å². The van der Waals surface area contributed by atoms with Crippen LogP contribution in [0.25, 0.3) is 0 Å². The van der Waals surface area contributed by atoms with E-state index in [4.69, 9.17) is 17.4 Å². The van der Waals surface area contributed by atoms with E-state index >= 15 is 0 Å². The van der Waals surface area contributed by atoms with Gasteiger partial charge in [0, 0.05) is 0 Å². The fourth-order valence-corrected chi connectivity index (χ4v) is 1.63. The van der Waals surface area contributed by atoms with Crippen molar-refractivity contribution in [3.63, 3.8) is 0 Å². The summed E-state index contributed by atoms with van der Waals surface area (Å²) in [5.74, 6) is 5.74. The maximum absolute atomic E-state index is 6.07. The van der Waals surface area contributed by atoms with Gasteiger partial charge >= 0.3 is 0 Å². The van der Waals surface area contributed by atoms with E-state index in [-0.39, 0.29) is 0 Å². The minimum Gasteiger partial charge on any atom is -0.307 e. The fraction of sp³-hybridized carbons (Fsp3) is 0.300. The highest BCUT2D eigenvalue weighted by Gasteiger charge is 2.09. The van der Waals surface area contributed by atoms with E-state index < -0.39 is 0 Å². The number of hydrogen-bond donors (Lipinski definition) is 2. The molecule has 0 spiro atoms. The Labute approximate surface area is 104 Å². The highest BCUT2D eigenvalue weighted by atomic mass is 35.5. The molecule has 90 valence electrons. The summed E-state index contributed by atoms with van der Waals surface area (Å²) in [6.07, 6.45) is 3.22. The van der Waals surface area contributed by atoms with Crippen LogP contribution in [0.2, 0.25) is 5.02 Å². The molecule has 6 nitrogen and oxygen atoms in total. The highest BCUT2D eigenvalue weighted by molar-refractivity contribution is 6.31. The van der Waals surface area contributed by atoms with Crippen LogP contribution in [-0.4, -0.2) is 19.7 Å². The van der Waals surface area contributed by atoms with Crippen LogP contribution in [0.15, 0.2) is 12.4 Å². The second-order valence-electron chi connectivity index (χ2n) is 3.68. The van der Waals surface area contributed by atoms with Crippen LogP contribution in [0.5, 0.6) is 0 Å². The van der Waals surface area contributed by atoms with Gasteiger partial charge in [-0.15, -0.1) is 0 Å². The lowest BCUT2D eigenvalue weighted by molar-refractivity contribution is 0.644. The number of rotatable bonds is 3. The second kappa shape index (κ2) is 4.68. The van der Waals surface area contributed by atoms with E-state index in [1.54, 1.807) is 17.1 Å². The molecule has 0 fully saturated rings. The summed E-state index contributed by atoms with van der Waals surface area (Å²) in [7, 11) is 0. The Balaban J connectivity index is 2.22. The lowest BCUT2D eigenvalue weighted by atomic mass is 10.4. The summed E-state index contributed by atoms with van der Waals surface area (Å²) < 4.78 is 1.80. The average Bonchev–Trinajstić information content (AvgIpc) is 2.58. The van der Waals surface area contributed by atoms with Gasteiger partial charge in [0.15, 0.2) is 5.82 Å². The Kier molecular flexibility index (Phi) is 3.26. The molecule has 0 saturated carbocycles. The van der Waals surface area contributed by atoms with Gasteiger partial charge < -0.3 is 5.43 Å². The first-order valence-electron chi connectivity index (χ1n) is 5.09. The molecule has 0 aliphatic rings. The zero-order valence-corrected chi connectivity index (χ0v) is 10.4. The van der Waals surface area contributed by atoms with Gasteiger partial charge in [-0.25, -0.2) is 10.8 Å². The molecule has 2 rings (SSSR count). The lowest BCUT2D eigenvalue weighted by Crippen LogP contribution is -2.10. The Hall–Kier alpha value is -1.66. The molecule has 0 amide bonds. The van der Waals surface area contributed by atoms with Crippen LogP contribution < -0.4 is 11.3 Å². The molecular weight excluding hydrogens is 240 g/mol. The first-order chi connectivity index (χ1) is 8.11. The maximum Gasteiger partial charge on any atom is 0.158 e. The second-order valence-corrected chi connectivity index (χ2v) is 4.06. The number of nitrogens with zero attached hydrogens (tertiary/aromatic N) is 4. The molecule has 0 aliphatic heterocycles. The van der Waals surface area contributed by atoms with Gasteiger partial charge in [-0.1, -0.05) is 11.6 Å². The molecule has 0 aromatic carbocycles. The van der Waals surface area contributed by atoms with Crippen molar-refractivity contribution in [1.82, 2.24) is 19.7 Å². The third kappa shape index (κ3) is 2.37. The standard InChI is InChI=1S/C10H13ClN6/c1-6-10(11)7(2)17(16-6)5-8-3-14-9(15-12)4-13-8/h3-4H,5,12H2,1-2H3,(H,14,15). The van der Waals surface area contributed by atoms with Gasteiger partial charge in [-0.2, -0.15) is 5.10 Å². The van der Waals surface area contributed by atoms with Crippen molar-refractivity contribution >= 4 is 17.4 Å². The molecule has 0 unspecified atom stereocenters. The first kappa shape index (κ1) is 11.8. The van der Waals surface area contributed by atoms with Gasteiger partial charge in [0.1, 0.15) is 0 Å². The predicted molar refractivity (Wildman–Crippen MR) is 65.7 cm³/mol. The zero-order chi connectivity index (χ0) is 12.4. The van der Waals surface area contributed by atoms with Gasteiger partial charge in [0.25, 0.3) is 0 Å². The lowest BCUT2D eigenvalue weighted by Gasteiger charge is -2.04. The maximum atomic E-state index is 6.07. The Bertz CT molecular complexity index is 518. The molecule has 0 saturated heterocycles. The number of aromatic nitrogens is 4. The summed E-state index contributed by atoms with van der Waals surface area (Å²) in [5, 5.41) is 5.02. The van der Waals surface area contributed by atoms with E-state index in [0.29, 0.717) is 17.4 Å². The molecule has 2 heterocycles. The largest absolute Gasteiger partial charge is 0.307 e. The first-order valence-corrected chi connectivity index (χ1v) is 5.46. The van der Waals surface area contributed by atoms with E-state index in [1.165, 1.54) is 0 Å². The van der Waals surface area contributed by atoms with Gasteiger partial charge in [0.05, 0.1) is 41.0 Å². The van der Waals surface area contributed by atoms with Crippen LogP contribution in [0, 0.1) is 13.8 Å². The SMILES string of the molecule is Cc1nn(Cc2cnc(NN)cn2)c(C)c1Cl. The van der Waals surface area contributed by atoms with Gasteiger partial charge in [-0.05, 0) is 13.8 Å². The van der Waals surface area contributed by atoms with Crippen molar-refractivity contribution in [2.75, 3.05) is 5.43 Å². The minimum absolute atomic E-state index is 0.528. The number of hydrazine groups is 1. The molecule has 2 aromatic heterocycles. The number of anilines is 1. The normalized spacial score (nSPS) is 10.6. The highest BCUT2D eigenvalue weighted by Crippen LogP contribution is 2.19. The van der Waals surface area contributed by atoms with Crippen molar-refractivity contribution in [1.29, 1.82) is 0 Å². The van der Waals surface area contributed by atoms with Gasteiger partial charge in [-0.3, -0.25) is 9.67 Å². The van der Waals surface area contributed by atoms with E-state index in [1.807, 2.05) is 13.8 Å². The molecule has 2 aromatic rings. The van der Waals surface area contributed by atoms with Crippen molar-refractivity contribution in [3.05, 3.63) is 34.5 Å². The number of aryl methyl sites for hydroxylation is 1.